The highest BCUT2D eigenvalue weighted by atomic mass is 32.2. The summed E-state index contributed by atoms with van der Waals surface area (Å²) in [5.41, 5.74) is 5.36. The molecule has 0 saturated heterocycles. The average Bonchev–Trinajstić information content (AvgIpc) is 3.31. The molecule has 9 heteroatoms. The summed E-state index contributed by atoms with van der Waals surface area (Å²) in [6.45, 7) is 1.97. The number of para-hydroxylation sites is 1. The van der Waals surface area contributed by atoms with E-state index in [0.717, 1.165) is 28.8 Å². The largest absolute Gasteiger partial charge is 0.497 e. The number of hydrogen-bond donors (Lipinski definition) is 1. The Balaban J connectivity index is 1.70. The zero-order valence-corrected chi connectivity index (χ0v) is 19.5. The van der Waals surface area contributed by atoms with Gasteiger partial charge in [-0.25, -0.2) is 4.79 Å². The maximum atomic E-state index is 12.7. The van der Waals surface area contributed by atoms with E-state index in [4.69, 9.17) is 9.47 Å². The Kier molecular flexibility index (Phi) is 7.56. The first-order chi connectivity index (χ1) is 16.7. The zero-order valence-electron chi connectivity index (χ0n) is 18.7. The number of nitrogens with one attached hydrogen (secondary N) is 1. The van der Waals surface area contributed by atoms with Crippen molar-refractivity contribution in [1.82, 2.24) is 14.8 Å². The van der Waals surface area contributed by atoms with Gasteiger partial charge in [0.1, 0.15) is 5.75 Å². The van der Waals surface area contributed by atoms with Crippen LogP contribution in [0, 0.1) is 0 Å². The van der Waals surface area contributed by atoms with E-state index in [-0.39, 0.29) is 11.7 Å². The number of hydrazone groups is 1. The van der Waals surface area contributed by atoms with Gasteiger partial charge in [-0.2, -0.15) is 5.10 Å². The van der Waals surface area contributed by atoms with E-state index in [0.29, 0.717) is 16.7 Å². The minimum absolute atomic E-state index is 0.0989. The van der Waals surface area contributed by atoms with Gasteiger partial charge in [0.25, 0.3) is 0 Å². The van der Waals surface area contributed by atoms with Crippen LogP contribution in [-0.4, -0.2) is 39.5 Å². The van der Waals surface area contributed by atoms with Crippen LogP contribution in [0.1, 0.15) is 6.92 Å². The molecule has 4 rings (SSSR count). The normalized spacial score (nSPS) is 11.2. The topological polar surface area (TPSA) is 90.6 Å². The number of hydrogen-bond acceptors (Lipinski definition) is 8. The molecule has 0 radical (unpaired) electrons. The summed E-state index contributed by atoms with van der Waals surface area (Å²) < 4.78 is 12.3. The van der Waals surface area contributed by atoms with E-state index >= 15 is 0 Å². The number of esters is 1. The molecule has 0 saturated carbocycles. The lowest BCUT2D eigenvalue weighted by molar-refractivity contribution is -0.134. The van der Waals surface area contributed by atoms with E-state index < -0.39 is 5.97 Å². The van der Waals surface area contributed by atoms with Crippen LogP contribution in [0.25, 0.3) is 17.1 Å². The number of aromatic nitrogens is 3. The quantitative estimate of drug-likeness (QED) is 0.132. The monoisotopic (exact) mass is 473 g/mol. The number of nitrogens with zero attached hydrogens (tertiary/aromatic N) is 4. The Morgan fingerprint density at radius 2 is 1.65 bits per heavy atom. The van der Waals surface area contributed by atoms with Crippen molar-refractivity contribution in [3.05, 3.63) is 84.9 Å². The first-order valence-corrected chi connectivity index (χ1v) is 11.4. The summed E-state index contributed by atoms with van der Waals surface area (Å²) in [6, 6.07) is 26.7. The van der Waals surface area contributed by atoms with Crippen LogP contribution >= 0.6 is 11.8 Å². The summed E-state index contributed by atoms with van der Waals surface area (Å²) >= 11 is 1.08. The number of benzene rings is 3. The molecule has 1 N–H and O–H groups in total. The minimum atomic E-state index is -0.558. The van der Waals surface area contributed by atoms with Crippen LogP contribution in [0.4, 0.5) is 5.69 Å². The number of methoxy groups -OCH3 is 1. The third-order valence-corrected chi connectivity index (χ3v) is 5.59. The van der Waals surface area contributed by atoms with E-state index in [1.165, 1.54) is 0 Å². The molecule has 0 atom stereocenters. The van der Waals surface area contributed by atoms with E-state index in [2.05, 4.69) is 20.7 Å². The maximum absolute atomic E-state index is 12.7. The van der Waals surface area contributed by atoms with Crippen molar-refractivity contribution in [1.29, 1.82) is 0 Å². The minimum Gasteiger partial charge on any atom is -0.497 e. The van der Waals surface area contributed by atoms with E-state index in [1.54, 1.807) is 38.3 Å². The van der Waals surface area contributed by atoms with E-state index in [1.807, 2.05) is 65.2 Å². The highest BCUT2D eigenvalue weighted by Crippen LogP contribution is 2.29. The van der Waals surface area contributed by atoms with E-state index in [9.17, 15) is 4.79 Å². The van der Waals surface area contributed by atoms with Gasteiger partial charge in [0.2, 0.25) is 10.2 Å². The Bertz CT molecular complexity index is 1260. The Hall–Kier alpha value is -4.11. The third-order valence-electron chi connectivity index (χ3n) is 4.69. The number of carbonyl (C=O) groups excluding carboxylic acids is 1. The second kappa shape index (κ2) is 11.2. The molecule has 4 aromatic rings. The standard InChI is InChI=1S/C25H23N5O3S/c1-3-33-24(31)23(28-26-19-14-16-21(32-2)17-15-19)34-25-29-27-22(18-10-6-4-7-11-18)30(25)20-12-8-5-9-13-20/h4-17,26H,3H2,1-2H3/b28-23-. The molecule has 0 bridgehead atoms. The van der Waals surface area contributed by atoms with Crippen LogP contribution in [0.5, 0.6) is 5.75 Å². The van der Waals surface area contributed by atoms with Gasteiger partial charge >= 0.3 is 5.97 Å². The van der Waals surface area contributed by atoms with Gasteiger partial charge in [-0.1, -0.05) is 48.5 Å². The molecule has 172 valence electrons. The van der Waals surface area contributed by atoms with Gasteiger partial charge in [-0.3, -0.25) is 9.99 Å². The summed E-state index contributed by atoms with van der Waals surface area (Å²) in [5.74, 6) is 0.817. The van der Waals surface area contributed by atoms with Gasteiger partial charge in [-0.15, -0.1) is 10.2 Å². The van der Waals surface area contributed by atoms with Crippen LogP contribution < -0.4 is 10.2 Å². The van der Waals surface area contributed by atoms with Gasteiger partial charge in [-0.05, 0) is 55.1 Å². The van der Waals surface area contributed by atoms with Gasteiger partial charge < -0.3 is 9.47 Å². The number of thioether (sulfide) groups is 1. The number of rotatable bonds is 7. The van der Waals surface area contributed by atoms with Crippen molar-refractivity contribution < 1.29 is 14.3 Å². The molecule has 34 heavy (non-hydrogen) atoms. The summed E-state index contributed by atoms with van der Waals surface area (Å²) in [4.78, 5) is 12.7. The predicted molar refractivity (Wildman–Crippen MR) is 133 cm³/mol. The lowest BCUT2D eigenvalue weighted by Crippen LogP contribution is -2.17. The smallest absolute Gasteiger partial charge is 0.365 e. The zero-order chi connectivity index (χ0) is 23.8. The Morgan fingerprint density at radius 3 is 2.29 bits per heavy atom. The summed E-state index contributed by atoms with van der Waals surface area (Å²) in [6.07, 6.45) is 0. The SMILES string of the molecule is CCOC(=O)/C(=N/Nc1ccc(OC)cc1)Sc1nnc(-c2ccccc2)n1-c1ccccc1. The van der Waals surface area contributed by atoms with Gasteiger partial charge in [0.05, 0.1) is 19.4 Å². The number of carbonyl (C=O) groups is 1. The van der Waals surface area contributed by atoms with Gasteiger partial charge in [0, 0.05) is 11.3 Å². The molecule has 0 amide bonds. The molecule has 1 heterocycles. The van der Waals surface area contributed by atoms with Crippen LogP contribution in [0.3, 0.4) is 0 Å². The molecule has 3 aromatic carbocycles. The molecular formula is C25H23N5O3S. The van der Waals surface area contributed by atoms with Crippen molar-refractivity contribution in [2.75, 3.05) is 19.1 Å². The number of anilines is 1. The summed E-state index contributed by atoms with van der Waals surface area (Å²) in [5, 5.41) is 13.7. The van der Waals surface area contributed by atoms with Crippen LogP contribution in [0.2, 0.25) is 0 Å². The Morgan fingerprint density at radius 1 is 0.971 bits per heavy atom. The third kappa shape index (κ3) is 5.44. The fourth-order valence-corrected chi connectivity index (χ4v) is 3.86. The fourth-order valence-electron chi connectivity index (χ4n) is 3.09. The highest BCUT2D eigenvalue weighted by molar-refractivity contribution is 8.15. The molecule has 0 aliphatic heterocycles. The molecule has 0 spiro atoms. The molecule has 8 nitrogen and oxygen atoms in total. The first kappa shape index (κ1) is 23.1. The lowest BCUT2D eigenvalue weighted by Gasteiger charge is -2.11. The van der Waals surface area contributed by atoms with Crippen LogP contribution in [-0.2, 0) is 9.53 Å². The van der Waals surface area contributed by atoms with Crippen molar-refractivity contribution in [3.8, 4) is 22.8 Å². The van der Waals surface area contributed by atoms with Crippen molar-refractivity contribution in [2.45, 2.75) is 12.1 Å². The maximum Gasteiger partial charge on any atom is 0.365 e. The molecule has 1 aromatic heterocycles. The molecular weight excluding hydrogens is 450 g/mol. The molecule has 0 unspecified atom stereocenters. The van der Waals surface area contributed by atoms with Crippen molar-refractivity contribution in [3.63, 3.8) is 0 Å². The second-order valence-electron chi connectivity index (χ2n) is 6.92. The average molecular weight is 474 g/mol. The number of ether oxygens (including phenoxy) is 2. The first-order valence-electron chi connectivity index (χ1n) is 10.6. The van der Waals surface area contributed by atoms with Gasteiger partial charge in [0.15, 0.2) is 5.82 Å². The lowest BCUT2D eigenvalue weighted by atomic mass is 10.2. The Labute approximate surface area is 201 Å². The predicted octanol–water partition coefficient (Wildman–Crippen LogP) is 5.02. The molecule has 0 aliphatic carbocycles. The molecule has 0 aliphatic rings. The highest BCUT2D eigenvalue weighted by Gasteiger charge is 2.22. The summed E-state index contributed by atoms with van der Waals surface area (Å²) in [7, 11) is 1.60. The van der Waals surface area contributed by atoms with Crippen molar-refractivity contribution >= 4 is 28.5 Å². The van der Waals surface area contributed by atoms with Crippen molar-refractivity contribution in [2.24, 2.45) is 5.10 Å². The fraction of sp³-hybridized carbons (Fsp3) is 0.120. The molecule has 0 fully saturated rings. The second-order valence-corrected chi connectivity index (χ2v) is 7.88. The van der Waals surface area contributed by atoms with Crippen LogP contribution in [0.15, 0.2) is 95.2 Å².